The van der Waals surface area contributed by atoms with Gasteiger partial charge in [-0.3, -0.25) is 9.78 Å². The van der Waals surface area contributed by atoms with Crippen molar-refractivity contribution >= 4 is 5.78 Å². The second-order valence-corrected chi connectivity index (χ2v) is 6.06. The fraction of sp³-hybridized carbons (Fsp3) is 0.429. The van der Waals surface area contributed by atoms with Gasteiger partial charge < -0.3 is 9.47 Å². The van der Waals surface area contributed by atoms with Crippen LogP contribution in [0.3, 0.4) is 0 Å². The monoisotopic (exact) mass is 341 g/mol. The van der Waals surface area contributed by atoms with E-state index in [9.17, 15) is 4.79 Å². The molecule has 0 fully saturated rings. The highest BCUT2D eigenvalue weighted by Crippen LogP contribution is 2.31. The number of fused-ring (bicyclic) bond motifs is 1. The molecule has 0 bridgehead atoms. The molecule has 1 aromatic carbocycles. The van der Waals surface area contributed by atoms with Crippen LogP contribution >= 0.6 is 0 Å². The first kappa shape index (κ1) is 19.1. The third kappa shape index (κ3) is 5.68. The van der Waals surface area contributed by atoms with E-state index in [1.54, 1.807) is 0 Å². The van der Waals surface area contributed by atoms with Crippen LogP contribution in [0.25, 0.3) is 11.3 Å². The summed E-state index contributed by atoms with van der Waals surface area (Å²) >= 11 is 0. The Bertz CT molecular complexity index is 693. The largest absolute Gasteiger partial charge is 0.491 e. The Labute approximate surface area is 150 Å². The number of carbonyl (C=O) groups is 1. The van der Waals surface area contributed by atoms with Crippen LogP contribution in [0.1, 0.15) is 38.8 Å². The van der Waals surface area contributed by atoms with Gasteiger partial charge in [-0.1, -0.05) is 27.7 Å². The number of Topliss-reactive ketones (excluding diaryl/α,β-unsaturated/α-hetero) is 1. The highest BCUT2D eigenvalue weighted by molar-refractivity contribution is 5.81. The van der Waals surface area contributed by atoms with Crippen molar-refractivity contribution in [1.82, 2.24) is 4.98 Å². The number of benzene rings is 1. The van der Waals surface area contributed by atoms with Crippen molar-refractivity contribution < 1.29 is 14.3 Å². The van der Waals surface area contributed by atoms with E-state index in [1.165, 1.54) is 11.1 Å². The number of hydrogen-bond acceptors (Lipinski definition) is 4. The summed E-state index contributed by atoms with van der Waals surface area (Å²) in [5.41, 5.74) is 4.84. The SMILES string of the molecule is CC.CC(C)C(=O)COCCOc1ccc(-c2cc3c(cn2)C3)cc1. The third-order valence-electron chi connectivity index (χ3n) is 3.87. The lowest BCUT2D eigenvalue weighted by molar-refractivity contribution is -0.126. The smallest absolute Gasteiger partial charge is 0.160 e. The quantitative estimate of drug-likeness (QED) is 0.573. The van der Waals surface area contributed by atoms with Crippen LogP contribution in [0.2, 0.25) is 0 Å². The molecule has 4 nitrogen and oxygen atoms in total. The van der Waals surface area contributed by atoms with Gasteiger partial charge in [0.05, 0.1) is 12.3 Å². The standard InChI is InChI=1S/C19H21NO3.C2H6/c1-13(2)19(21)12-22-7-8-23-17-5-3-14(4-6-17)18-10-15-9-16(15)11-20-18;1-2/h3-6,10-11,13H,7-9,12H2,1-2H3;1-2H3. The molecule has 1 aliphatic rings. The first-order valence-corrected chi connectivity index (χ1v) is 8.95. The fourth-order valence-corrected chi connectivity index (χ4v) is 2.22. The molecule has 134 valence electrons. The van der Waals surface area contributed by atoms with Crippen LogP contribution in [0, 0.1) is 5.92 Å². The van der Waals surface area contributed by atoms with Crippen LogP contribution in [0.4, 0.5) is 0 Å². The maximum Gasteiger partial charge on any atom is 0.160 e. The van der Waals surface area contributed by atoms with E-state index in [0.717, 1.165) is 23.4 Å². The number of pyridine rings is 1. The summed E-state index contributed by atoms with van der Waals surface area (Å²) in [5, 5.41) is 0. The summed E-state index contributed by atoms with van der Waals surface area (Å²) in [6.07, 6.45) is 3.03. The lowest BCUT2D eigenvalue weighted by Gasteiger charge is -2.08. The zero-order chi connectivity index (χ0) is 18.2. The average Bonchev–Trinajstić information content (AvgIpc) is 3.42. The number of carbonyl (C=O) groups excluding carboxylic acids is 1. The Balaban J connectivity index is 0.00000109. The molecule has 0 spiro atoms. The average molecular weight is 341 g/mol. The summed E-state index contributed by atoms with van der Waals surface area (Å²) in [7, 11) is 0. The number of nitrogens with zero attached hydrogens (tertiary/aromatic N) is 1. The minimum atomic E-state index is 0.0164. The summed E-state index contributed by atoms with van der Waals surface area (Å²) in [4.78, 5) is 15.9. The zero-order valence-electron chi connectivity index (χ0n) is 15.5. The van der Waals surface area contributed by atoms with Crippen LogP contribution in [-0.4, -0.2) is 30.6 Å². The van der Waals surface area contributed by atoms with E-state index in [2.05, 4.69) is 11.1 Å². The normalized spacial score (nSPS) is 11.4. The number of hydrogen-bond donors (Lipinski definition) is 0. The maximum absolute atomic E-state index is 11.4. The molecule has 4 heteroatoms. The van der Waals surface area contributed by atoms with Crippen molar-refractivity contribution in [1.29, 1.82) is 0 Å². The van der Waals surface area contributed by atoms with Crippen LogP contribution < -0.4 is 4.74 Å². The Morgan fingerprint density at radius 3 is 2.48 bits per heavy atom. The van der Waals surface area contributed by atoms with Crippen molar-refractivity contribution in [2.45, 2.75) is 34.1 Å². The van der Waals surface area contributed by atoms with E-state index in [0.29, 0.717) is 13.2 Å². The molecule has 1 aliphatic carbocycles. The molecule has 0 amide bonds. The molecule has 0 saturated carbocycles. The van der Waals surface area contributed by atoms with Gasteiger partial charge in [-0.2, -0.15) is 0 Å². The maximum atomic E-state index is 11.4. The third-order valence-corrected chi connectivity index (χ3v) is 3.87. The number of aromatic nitrogens is 1. The molecule has 0 N–H and O–H groups in total. The fourth-order valence-electron chi connectivity index (χ4n) is 2.22. The molecule has 2 aromatic rings. The van der Waals surface area contributed by atoms with Gasteiger partial charge in [0.25, 0.3) is 0 Å². The summed E-state index contributed by atoms with van der Waals surface area (Å²) < 4.78 is 10.9. The predicted octanol–water partition coefficient (Wildman–Crippen LogP) is 4.30. The van der Waals surface area contributed by atoms with Crippen LogP contribution in [0.5, 0.6) is 5.75 Å². The van der Waals surface area contributed by atoms with Crippen LogP contribution in [-0.2, 0) is 16.0 Å². The second kappa shape index (κ2) is 9.33. The molecule has 1 heterocycles. The summed E-state index contributed by atoms with van der Waals surface area (Å²) in [6, 6.07) is 10.0. The summed E-state index contributed by atoms with van der Waals surface area (Å²) in [5.74, 6) is 0.923. The number of ether oxygens (including phenoxy) is 2. The minimum absolute atomic E-state index is 0.0164. The topological polar surface area (TPSA) is 48.4 Å². The Kier molecular flexibility index (Phi) is 7.14. The van der Waals surface area contributed by atoms with E-state index >= 15 is 0 Å². The highest BCUT2D eigenvalue weighted by atomic mass is 16.5. The molecule has 3 rings (SSSR count). The lowest BCUT2D eigenvalue weighted by Crippen LogP contribution is -2.17. The second-order valence-electron chi connectivity index (χ2n) is 6.06. The molecule has 0 atom stereocenters. The van der Waals surface area contributed by atoms with Crippen molar-refractivity contribution in [3.8, 4) is 17.0 Å². The van der Waals surface area contributed by atoms with Gasteiger partial charge >= 0.3 is 0 Å². The van der Waals surface area contributed by atoms with Crippen LogP contribution in [0.15, 0.2) is 36.5 Å². The molecule has 25 heavy (non-hydrogen) atoms. The Morgan fingerprint density at radius 2 is 1.84 bits per heavy atom. The van der Waals surface area contributed by atoms with E-state index in [4.69, 9.17) is 9.47 Å². The Morgan fingerprint density at radius 1 is 1.12 bits per heavy atom. The van der Waals surface area contributed by atoms with Crippen molar-refractivity contribution in [2.24, 2.45) is 5.92 Å². The van der Waals surface area contributed by atoms with Gasteiger partial charge in [-0.05, 0) is 47.9 Å². The van der Waals surface area contributed by atoms with Gasteiger partial charge in [0.2, 0.25) is 0 Å². The number of ketones is 1. The van der Waals surface area contributed by atoms with Crippen molar-refractivity contribution in [2.75, 3.05) is 19.8 Å². The van der Waals surface area contributed by atoms with Crippen molar-refractivity contribution in [3.63, 3.8) is 0 Å². The van der Waals surface area contributed by atoms with Gasteiger partial charge in [-0.15, -0.1) is 0 Å². The molecule has 0 saturated heterocycles. The van der Waals surface area contributed by atoms with E-state index in [1.807, 2.05) is 58.2 Å². The predicted molar refractivity (Wildman–Crippen MR) is 100.0 cm³/mol. The molecular formula is C21H27NO3. The lowest BCUT2D eigenvalue weighted by atomic mass is 10.1. The van der Waals surface area contributed by atoms with Gasteiger partial charge in [0, 0.05) is 17.7 Å². The molecule has 0 unspecified atom stereocenters. The highest BCUT2D eigenvalue weighted by Gasteiger charge is 2.17. The van der Waals surface area contributed by atoms with E-state index < -0.39 is 0 Å². The molecule has 0 aliphatic heterocycles. The molecule has 1 aromatic heterocycles. The molecular weight excluding hydrogens is 314 g/mol. The molecule has 0 radical (unpaired) electrons. The van der Waals surface area contributed by atoms with E-state index in [-0.39, 0.29) is 18.3 Å². The van der Waals surface area contributed by atoms with Crippen molar-refractivity contribution in [3.05, 3.63) is 47.7 Å². The first-order chi connectivity index (χ1) is 12.1. The van der Waals surface area contributed by atoms with Gasteiger partial charge in [-0.25, -0.2) is 0 Å². The van der Waals surface area contributed by atoms with Gasteiger partial charge in [0.15, 0.2) is 5.78 Å². The number of rotatable bonds is 8. The minimum Gasteiger partial charge on any atom is -0.491 e. The van der Waals surface area contributed by atoms with Gasteiger partial charge in [0.1, 0.15) is 19.0 Å². The first-order valence-electron chi connectivity index (χ1n) is 8.95. The summed E-state index contributed by atoms with van der Waals surface area (Å²) in [6.45, 7) is 8.74. The zero-order valence-corrected chi connectivity index (χ0v) is 15.5. The Hall–Kier alpha value is -2.20.